The van der Waals surface area contributed by atoms with Gasteiger partial charge in [-0.05, 0) is 37.0 Å². The fourth-order valence-corrected chi connectivity index (χ4v) is 3.18. The van der Waals surface area contributed by atoms with Gasteiger partial charge in [-0.3, -0.25) is 14.4 Å². The van der Waals surface area contributed by atoms with E-state index >= 15 is 0 Å². The largest absolute Gasteiger partial charge is 0.339 e. The first-order valence-corrected chi connectivity index (χ1v) is 8.49. The molecule has 0 unspecified atom stereocenters. The first-order chi connectivity index (χ1) is 11.6. The second-order valence-corrected chi connectivity index (χ2v) is 6.50. The molecule has 2 aliphatic rings. The Balaban J connectivity index is 1.63. The van der Waals surface area contributed by atoms with Crippen LogP contribution in [0.4, 0.5) is 0 Å². The van der Waals surface area contributed by atoms with Crippen LogP contribution < -0.4 is 0 Å². The Morgan fingerprint density at radius 1 is 0.917 bits per heavy atom. The monoisotopic (exact) mass is 329 g/mol. The molecule has 0 saturated carbocycles. The lowest BCUT2D eigenvalue weighted by molar-refractivity contribution is -0.155. The summed E-state index contributed by atoms with van der Waals surface area (Å²) in [6, 6.07) is 7.36. The SMILES string of the molecule is CN1CCN(Cc2ccc(C(=O)N3CCCCC3)cc2)C(=O)C1=O. The Morgan fingerprint density at radius 2 is 1.58 bits per heavy atom. The highest BCUT2D eigenvalue weighted by atomic mass is 16.2. The van der Waals surface area contributed by atoms with Crippen LogP contribution >= 0.6 is 0 Å². The molecule has 2 aliphatic heterocycles. The summed E-state index contributed by atoms with van der Waals surface area (Å²) in [6.45, 7) is 3.15. The molecule has 1 aromatic carbocycles. The average Bonchev–Trinajstić information content (AvgIpc) is 2.63. The predicted molar refractivity (Wildman–Crippen MR) is 89.3 cm³/mol. The van der Waals surface area contributed by atoms with E-state index < -0.39 is 11.8 Å². The third kappa shape index (κ3) is 3.42. The Kier molecular flexibility index (Phi) is 4.83. The Labute approximate surface area is 142 Å². The quantitative estimate of drug-likeness (QED) is 0.781. The molecule has 3 rings (SSSR count). The molecule has 2 saturated heterocycles. The van der Waals surface area contributed by atoms with E-state index in [0.29, 0.717) is 25.2 Å². The molecule has 0 N–H and O–H groups in total. The summed E-state index contributed by atoms with van der Waals surface area (Å²) < 4.78 is 0. The second kappa shape index (κ2) is 7.03. The van der Waals surface area contributed by atoms with Crippen LogP contribution in [-0.2, 0) is 16.1 Å². The molecule has 0 bridgehead atoms. The third-order valence-corrected chi connectivity index (χ3v) is 4.74. The van der Waals surface area contributed by atoms with Gasteiger partial charge in [0.2, 0.25) is 0 Å². The minimum absolute atomic E-state index is 0.0760. The Morgan fingerprint density at radius 3 is 2.25 bits per heavy atom. The van der Waals surface area contributed by atoms with E-state index in [9.17, 15) is 14.4 Å². The summed E-state index contributed by atoms with van der Waals surface area (Å²) in [4.78, 5) is 41.1. The molecule has 24 heavy (non-hydrogen) atoms. The number of rotatable bonds is 3. The number of benzene rings is 1. The van der Waals surface area contributed by atoms with Gasteiger partial charge in [0.15, 0.2) is 0 Å². The van der Waals surface area contributed by atoms with E-state index in [4.69, 9.17) is 0 Å². The van der Waals surface area contributed by atoms with Crippen LogP contribution in [0.5, 0.6) is 0 Å². The number of carbonyl (C=O) groups excluding carboxylic acids is 3. The van der Waals surface area contributed by atoms with Gasteiger partial charge < -0.3 is 14.7 Å². The van der Waals surface area contributed by atoms with Crippen molar-refractivity contribution < 1.29 is 14.4 Å². The van der Waals surface area contributed by atoms with E-state index in [0.717, 1.165) is 31.5 Å². The number of likely N-dealkylation sites (tertiary alicyclic amines) is 1. The van der Waals surface area contributed by atoms with E-state index in [1.54, 1.807) is 11.9 Å². The molecule has 0 spiro atoms. The molecule has 0 aliphatic carbocycles. The molecule has 6 nitrogen and oxygen atoms in total. The van der Waals surface area contributed by atoms with Gasteiger partial charge in [-0.1, -0.05) is 12.1 Å². The highest BCUT2D eigenvalue weighted by molar-refractivity contribution is 6.35. The summed E-state index contributed by atoms with van der Waals surface area (Å²) >= 11 is 0. The lowest BCUT2D eigenvalue weighted by Crippen LogP contribution is -2.52. The van der Waals surface area contributed by atoms with Crippen LogP contribution in [0, 0.1) is 0 Å². The molecule has 128 valence electrons. The Bertz CT molecular complexity index is 635. The highest BCUT2D eigenvalue weighted by Crippen LogP contribution is 2.15. The number of carbonyl (C=O) groups is 3. The number of piperazine rings is 1. The minimum Gasteiger partial charge on any atom is -0.339 e. The lowest BCUT2D eigenvalue weighted by atomic mass is 10.1. The van der Waals surface area contributed by atoms with E-state index in [2.05, 4.69) is 0 Å². The molecule has 3 amide bonds. The second-order valence-electron chi connectivity index (χ2n) is 6.50. The van der Waals surface area contributed by atoms with E-state index in [1.165, 1.54) is 11.3 Å². The summed E-state index contributed by atoms with van der Waals surface area (Å²) in [6.07, 6.45) is 3.34. The van der Waals surface area contributed by atoms with Crippen molar-refractivity contribution >= 4 is 17.7 Å². The number of hydrogen-bond donors (Lipinski definition) is 0. The topological polar surface area (TPSA) is 60.9 Å². The van der Waals surface area contributed by atoms with Gasteiger partial charge in [0.1, 0.15) is 0 Å². The van der Waals surface area contributed by atoms with Gasteiger partial charge >= 0.3 is 11.8 Å². The molecule has 1 aromatic rings. The summed E-state index contributed by atoms with van der Waals surface area (Å²) in [5.74, 6) is -0.845. The van der Waals surface area contributed by atoms with Gasteiger partial charge in [-0.25, -0.2) is 0 Å². The zero-order valence-corrected chi connectivity index (χ0v) is 14.0. The highest BCUT2D eigenvalue weighted by Gasteiger charge is 2.30. The zero-order valence-electron chi connectivity index (χ0n) is 14.0. The summed E-state index contributed by atoms with van der Waals surface area (Å²) in [7, 11) is 1.64. The zero-order chi connectivity index (χ0) is 17.1. The molecule has 0 aromatic heterocycles. The molecular weight excluding hydrogens is 306 g/mol. The van der Waals surface area contributed by atoms with Crippen molar-refractivity contribution in [3.63, 3.8) is 0 Å². The van der Waals surface area contributed by atoms with Gasteiger partial charge in [-0.15, -0.1) is 0 Å². The first-order valence-electron chi connectivity index (χ1n) is 8.49. The van der Waals surface area contributed by atoms with Crippen molar-refractivity contribution in [1.29, 1.82) is 0 Å². The van der Waals surface area contributed by atoms with Gasteiger partial charge in [0.05, 0.1) is 0 Å². The van der Waals surface area contributed by atoms with Crippen LogP contribution in [0.3, 0.4) is 0 Å². The number of hydrogen-bond acceptors (Lipinski definition) is 3. The maximum atomic E-state index is 12.4. The van der Waals surface area contributed by atoms with Crippen molar-refractivity contribution in [3.8, 4) is 0 Å². The molecule has 0 radical (unpaired) electrons. The van der Waals surface area contributed by atoms with Gasteiger partial charge in [0, 0.05) is 45.3 Å². The number of piperidine rings is 1. The fourth-order valence-electron chi connectivity index (χ4n) is 3.18. The smallest absolute Gasteiger partial charge is 0.312 e. The van der Waals surface area contributed by atoms with Crippen LogP contribution in [0.1, 0.15) is 35.2 Å². The van der Waals surface area contributed by atoms with Crippen molar-refractivity contribution in [2.75, 3.05) is 33.2 Å². The van der Waals surface area contributed by atoms with Crippen molar-refractivity contribution in [2.45, 2.75) is 25.8 Å². The standard InChI is InChI=1S/C18H23N3O3/c1-19-11-12-21(18(24)17(19)23)13-14-5-7-15(8-6-14)16(22)20-9-3-2-4-10-20/h5-8H,2-4,9-13H2,1H3. The maximum Gasteiger partial charge on any atom is 0.312 e. The van der Waals surface area contributed by atoms with Crippen LogP contribution in [0.25, 0.3) is 0 Å². The molecule has 0 atom stereocenters. The average molecular weight is 329 g/mol. The summed E-state index contributed by atoms with van der Waals surface area (Å²) in [5.41, 5.74) is 1.61. The van der Waals surface area contributed by atoms with Crippen molar-refractivity contribution in [3.05, 3.63) is 35.4 Å². The Hall–Kier alpha value is -2.37. The van der Waals surface area contributed by atoms with E-state index in [1.807, 2.05) is 29.2 Å². The van der Waals surface area contributed by atoms with Crippen LogP contribution in [0.15, 0.2) is 24.3 Å². The summed E-state index contributed by atoms with van der Waals surface area (Å²) in [5, 5.41) is 0. The lowest BCUT2D eigenvalue weighted by Gasteiger charge is -2.31. The molecular formula is C18H23N3O3. The third-order valence-electron chi connectivity index (χ3n) is 4.74. The van der Waals surface area contributed by atoms with Crippen LogP contribution in [0.2, 0.25) is 0 Å². The number of nitrogens with zero attached hydrogens (tertiary/aromatic N) is 3. The minimum atomic E-state index is -0.461. The van der Waals surface area contributed by atoms with Crippen molar-refractivity contribution in [2.24, 2.45) is 0 Å². The van der Waals surface area contributed by atoms with E-state index in [-0.39, 0.29) is 5.91 Å². The van der Waals surface area contributed by atoms with Crippen LogP contribution in [-0.4, -0.2) is 65.6 Å². The fraction of sp³-hybridized carbons (Fsp3) is 0.500. The molecule has 6 heteroatoms. The van der Waals surface area contributed by atoms with Crippen molar-refractivity contribution in [1.82, 2.24) is 14.7 Å². The predicted octanol–water partition coefficient (Wildman–Crippen LogP) is 1.11. The normalized spacial score (nSPS) is 19.0. The van der Waals surface area contributed by atoms with Gasteiger partial charge in [0.25, 0.3) is 5.91 Å². The number of amides is 3. The van der Waals surface area contributed by atoms with Gasteiger partial charge in [-0.2, -0.15) is 0 Å². The first kappa shape index (κ1) is 16.5. The molecule has 2 fully saturated rings. The molecule has 2 heterocycles. The number of likely N-dealkylation sites (N-methyl/N-ethyl adjacent to an activating group) is 1. The maximum absolute atomic E-state index is 12.4.